The molecule has 0 aliphatic carbocycles. The number of amides is 2. The fraction of sp³-hybridized carbons (Fsp3) is 0.353. The summed E-state index contributed by atoms with van der Waals surface area (Å²) in [7, 11) is 0. The Morgan fingerprint density at radius 1 is 1.43 bits per heavy atom. The third-order valence-corrected chi connectivity index (χ3v) is 5.89. The highest BCUT2D eigenvalue weighted by molar-refractivity contribution is 7.99. The summed E-state index contributed by atoms with van der Waals surface area (Å²) in [6, 6.07) is 8.63. The zero-order valence-corrected chi connectivity index (χ0v) is 14.6. The topological polar surface area (TPSA) is 32.3 Å². The molecule has 23 heavy (non-hydrogen) atoms. The van der Waals surface area contributed by atoms with Crippen LogP contribution in [0.4, 0.5) is 9.18 Å². The smallest absolute Gasteiger partial charge is 0.318 e. The molecule has 0 spiro atoms. The van der Waals surface area contributed by atoms with Gasteiger partial charge in [0.1, 0.15) is 5.82 Å². The number of fused-ring (bicyclic) bond motifs is 1. The van der Waals surface area contributed by atoms with E-state index in [9.17, 15) is 9.18 Å². The largest absolute Gasteiger partial charge is 0.331 e. The molecule has 2 amide bonds. The minimum Gasteiger partial charge on any atom is -0.331 e. The van der Waals surface area contributed by atoms with Crippen molar-refractivity contribution in [3.8, 4) is 0 Å². The molecule has 2 heterocycles. The normalized spacial score (nSPS) is 16.7. The van der Waals surface area contributed by atoms with Crippen LogP contribution in [0.25, 0.3) is 0 Å². The van der Waals surface area contributed by atoms with E-state index in [0.717, 1.165) is 27.5 Å². The fourth-order valence-corrected chi connectivity index (χ4v) is 4.50. The summed E-state index contributed by atoms with van der Waals surface area (Å²) in [5.41, 5.74) is 0.891. The average Bonchev–Trinajstić information content (AvgIpc) is 3.06. The van der Waals surface area contributed by atoms with Crippen molar-refractivity contribution in [3.63, 3.8) is 0 Å². The Hall–Kier alpha value is -1.53. The summed E-state index contributed by atoms with van der Waals surface area (Å²) < 4.78 is 13.6. The molecule has 3 rings (SSSR count). The van der Waals surface area contributed by atoms with Gasteiger partial charge in [0, 0.05) is 22.1 Å². The number of carbonyl (C=O) groups excluding carboxylic acids is 1. The number of thiophene rings is 1. The Bertz CT molecular complexity index is 675. The molecule has 0 fully saturated rings. The first kappa shape index (κ1) is 16.3. The van der Waals surface area contributed by atoms with Crippen molar-refractivity contribution in [1.82, 2.24) is 10.2 Å². The summed E-state index contributed by atoms with van der Waals surface area (Å²) in [5, 5.41) is 5.09. The number of benzene rings is 1. The van der Waals surface area contributed by atoms with Crippen LogP contribution in [-0.4, -0.2) is 23.2 Å². The van der Waals surface area contributed by atoms with Gasteiger partial charge in [0.05, 0.1) is 12.6 Å². The fourth-order valence-electron chi connectivity index (χ4n) is 2.67. The molecule has 1 N–H and O–H groups in total. The monoisotopic (exact) mass is 350 g/mol. The highest BCUT2D eigenvalue weighted by Crippen LogP contribution is 2.36. The molecule has 6 heteroatoms. The number of nitrogens with zero attached hydrogens (tertiary/aromatic N) is 1. The number of thioether (sulfide) groups is 1. The van der Waals surface area contributed by atoms with Gasteiger partial charge in [-0.2, -0.15) is 0 Å². The Balaban J connectivity index is 1.71. The Kier molecular flexibility index (Phi) is 5.23. The van der Waals surface area contributed by atoms with Gasteiger partial charge >= 0.3 is 6.03 Å². The second kappa shape index (κ2) is 7.36. The summed E-state index contributed by atoms with van der Waals surface area (Å²) in [6.45, 7) is 3.22. The maximum absolute atomic E-state index is 13.6. The first-order chi connectivity index (χ1) is 11.2. The van der Waals surface area contributed by atoms with E-state index in [1.54, 1.807) is 40.1 Å². The van der Waals surface area contributed by atoms with Gasteiger partial charge in [0.15, 0.2) is 0 Å². The highest BCUT2D eigenvalue weighted by Gasteiger charge is 2.24. The van der Waals surface area contributed by atoms with E-state index in [0.29, 0.717) is 13.1 Å². The quantitative estimate of drug-likeness (QED) is 0.870. The summed E-state index contributed by atoms with van der Waals surface area (Å²) in [4.78, 5) is 16.6. The summed E-state index contributed by atoms with van der Waals surface area (Å²) in [6.07, 6.45) is 0.823. The lowest BCUT2D eigenvalue weighted by atomic mass is 10.0. The van der Waals surface area contributed by atoms with Gasteiger partial charge in [-0.1, -0.05) is 6.07 Å². The zero-order valence-electron chi connectivity index (χ0n) is 12.9. The summed E-state index contributed by atoms with van der Waals surface area (Å²) in [5.74, 6) is 0.678. The predicted octanol–water partition coefficient (Wildman–Crippen LogP) is 4.66. The molecule has 1 aromatic heterocycles. The number of hydrogen-bond acceptors (Lipinski definition) is 3. The Labute approximate surface area is 143 Å². The molecular weight excluding hydrogens is 331 g/mol. The lowest BCUT2D eigenvalue weighted by Gasteiger charge is -2.29. The van der Waals surface area contributed by atoms with Crippen molar-refractivity contribution in [2.24, 2.45) is 0 Å². The number of carbonyl (C=O) groups is 1. The first-order valence-electron chi connectivity index (χ1n) is 7.67. The van der Waals surface area contributed by atoms with E-state index in [4.69, 9.17) is 0 Å². The Morgan fingerprint density at radius 2 is 2.30 bits per heavy atom. The van der Waals surface area contributed by atoms with Crippen molar-refractivity contribution in [2.75, 3.05) is 12.3 Å². The molecule has 1 aromatic carbocycles. The van der Waals surface area contributed by atoms with E-state index < -0.39 is 0 Å². The number of nitrogens with one attached hydrogen (secondary N) is 1. The molecule has 2 aromatic rings. The van der Waals surface area contributed by atoms with Crippen LogP contribution >= 0.6 is 23.1 Å². The SMILES string of the molecule is CCN(Cc1cccs1)C(=O)NC1CCSc2ccc(F)cc21. The van der Waals surface area contributed by atoms with E-state index in [1.165, 1.54) is 6.07 Å². The van der Waals surface area contributed by atoms with Crippen molar-refractivity contribution in [2.45, 2.75) is 30.8 Å². The standard InChI is InChI=1S/C17H19FN2OS2/c1-2-20(11-13-4-3-8-22-13)17(21)19-15-7-9-23-16-6-5-12(18)10-14(15)16/h3-6,8,10,15H,2,7,9,11H2,1H3,(H,19,21). The number of urea groups is 1. The predicted molar refractivity (Wildman–Crippen MR) is 93.4 cm³/mol. The molecule has 1 atom stereocenters. The van der Waals surface area contributed by atoms with Crippen LogP contribution in [0.3, 0.4) is 0 Å². The molecule has 1 aliphatic heterocycles. The molecule has 0 saturated carbocycles. The van der Waals surface area contributed by atoms with Crippen LogP contribution < -0.4 is 5.32 Å². The lowest BCUT2D eigenvalue weighted by molar-refractivity contribution is 0.194. The minimum atomic E-state index is -0.253. The zero-order chi connectivity index (χ0) is 16.2. The van der Waals surface area contributed by atoms with Gasteiger partial charge in [-0.25, -0.2) is 9.18 Å². The maximum atomic E-state index is 13.6. The van der Waals surface area contributed by atoms with Gasteiger partial charge < -0.3 is 10.2 Å². The number of rotatable bonds is 4. The van der Waals surface area contributed by atoms with Gasteiger partial charge in [-0.05, 0) is 48.6 Å². The van der Waals surface area contributed by atoms with Crippen LogP contribution in [0.5, 0.6) is 0 Å². The second-order valence-electron chi connectivity index (χ2n) is 5.41. The number of hydrogen-bond donors (Lipinski definition) is 1. The molecular formula is C17H19FN2OS2. The molecule has 0 radical (unpaired) electrons. The van der Waals surface area contributed by atoms with Crippen molar-refractivity contribution in [3.05, 3.63) is 52.0 Å². The average molecular weight is 350 g/mol. The second-order valence-corrected chi connectivity index (χ2v) is 7.58. The maximum Gasteiger partial charge on any atom is 0.318 e. The van der Waals surface area contributed by atoms with Crippen molar-refractivity contribution < 1.29 is 9.18 Å². The third-order valence-electron chi connectivity index (χ3n) is 3.90. The summed E-state index contributed by atoms with van der Waals surface area (Å²) >= 11 is 3.36. The molecule has 1 aliphatic rings. The lowest BCUT2D eigenvalue weighted by Crippen LogP contribution is -2.41. The van der Waals surface area contributed by atoms with E-state index in [2.05, 4.69) is 5.32 Å². The minimum absolute atomic E-state index is 0.0898. The highest BCUT2D eigenvalue weighted by atomic mass is 32.2. The molecule has 122 valence electrons. The third kappa shape index (κ3) is 3.87. The van der Waals surface area contributed by atoms with Crippen molar-refractivity contribution in [1.29, 1.82) is 0 Å². The van der Waals surface area contributed by atoms with Crippen LogP contribution in [0.1, 0.15) is 29.8 Å². The van der Waals surface area contributed by atoms with Crippen LogP contribution in [0, 0.1) is 5.82 Å². The van der Waals surface area contributed by atoms with Crippen LogP contribution in [0.15, 0.2) is 40.6 Å². The van der Waals surface area contributed by atoms with E-state index >= 15 is 0 Å². The van der Waals surface area contributed by atoms with Gasteiger partial charge in [0.2, 0.25) is 0 Å². The first-order valence-corrected chi connectivity index (χ1v) is 9.54. The van der Waals surface area contributed by atoms with Crippen molar-refractivity contribution >= 4 is 29.1 Å². The van der Waals surface area contributed by atoms with E-state index in [1.807, 2.05) is 24.4 Å². The number of halogens is 1. The van der Waals surface area contributed by atoms with E-state index in [-0.39, 0.29) is 17.9 Å². The molecule has 1 unspecified atom stereocenters. The molecule has 0 bridgehead atoms. The molecule has 3 nitrogen and oxygen atoms in total. The Morgan fingerprint density at radius 3 is 3.04 bits per heavy atom. The van der Waals surface area contributed by atoms with Gasteiger partial charge in [0.25, 0.3) is 0 Å². The van der Waals surface area contributed by atoms with Gasteiger partial charge in [-0.3, -0.25) is 0 Å². The molecule has 0 saturated heterocycles. The van der Waals surface area contributed by atoms with Crippen LogP contribution in [-0.2, 0) is 6.54 Å². The van der Waals surface area contributed by atoms with Crippen LogP contribution in [0.2, 0.25) is 0 Å². The van der Waals surface area contributed by atoms with Gasteiger partial charge in [-0.15, -0.1) is 23.1 Å².